The van der Waals surface area contributed by atoms with Crippen molar-refractivity contribution in [1.82, 2.24) is 10.3 Å². The minimum absolute atomic E-state index is 0.258. The lowest BCUT2D eigenvalue weighted by atomic mass is 9.85. The fourth-order valence-electron chi connectivity index (χ4n) is 2.65. The van der Waals surface area contributed by atoms with Crippen LogP contribution in [0, 0.1) is 6.92 Å². The number of aryl methyl sites for hydroxylation is 1. The number of thiazole rings is 1. The standard InChI is InChI=1S/C13H20N2OS/c1-3-5-13(6-4-7-14-13)12(16)8-11-9-17-10(2)15-11/h9,14H,3-8H2,1-2H3. The Labute approximate surface area is 107 Å². The van der Waals surface area contributed by atoms with E-state index in [2.05, 4.69) is 17.2 Å². The predicted molar refractivity (Wildman–Crippen MR) is 70.4 cm³/mol. The van der Waals surface area contributed by atoms with Crippen LogP contribution in [0.25, 0.3) is 0 Å². The van der Waals surface area contributed by atoms with E-state index in [1.165, 1.54) is 0 Å². The molecule has 17 heavy (non-hydrogen) atoms. The number of rotatable bonds is 5. The van der Waals surface area contributed by atoms with Crippen LogP contribution in [0.15, 0.2) is 5.38 Å². The molecular weight excluding hydrogens is 232 g/mol. The molecular formula is C13H20N2OS. The topological polar surface area (TPSA) is 42.0 Å². The number of nitrogens with zero attached hydrogens (tertiary/aromatic N) is 1. The van der Waals surface area contributed by atoms with Gasteiger partial charge in [-0.05, 0) is 32.7 Å². The fourth-order valence-corrected chi connectivity index (χ4v) is 3.26. The number of Topliss-reactive ketones (excluding diaryl/α,β-unsaturated/α-hetero) is 1. The van der Waals surface area contributed by atoms with E-state index >= 15 is 0 Å². The molecule has 1 atom stereocenters. The number of hydrogen-bond donors (Lipinski definition) is 1. The number of aromatic nitrogens is 1. The molecule has 1 N–H and O–H groups in total. The zero-order chi connectivity index (χ0) is 12.3. The Kier molecular flexibility index (Phi) is 3.94. The van der Waals surface area contributed by atoms with Gasteiger partial charge in [-0.1, -0.05) is 13.3 Å². The van der Waals surface area contributed by atoms with Crippen molar-refractivity contribution < 1.29 is 4.79 Å². The van der Waals surface area contributed by atoms with E-state index in [4.69, 9.17) is 0 Å². The molecule has 94 valence electrons. The van der Waals surface area contributed by atoms with Crippen molar-refractivity contribution in [1.29, 1.82) is 0 Å². The highest BCUT2D eigenvalue weighted by atomic mass is 32.1. The predicted octanol–water partition coefficient (Wildman–Crippen LogP) is 2.49. The van der Waals surface area contributed by atoms with Gasteiger partial charge in [-0.15, -0.1) is 11.3 Å². The highest BCUT2D eigenvalue weighted by molar-refractivity contribution is 7.09. The van der Waals surface area contributed by atoms with E-state index < -0.39 is 0 Å². The Hall–Kier alpha value is -0.740. The van der Waals surface area contributed by atoms with Crippen molar-refractivity contribution in [2.75, 3.05) is 6.54 Å². The SMILES string of the molecule is CCCC1(C(=O)Cc2csc(C)n2)CCCN1. The molecule has 1 aliphatic heterocycles. The molecule has 1 fully saturated rings. The van der Waals surface area contributed by atoms with Gasteiger partial charge in [-0.2, -0.15) is 0 Å². The monoisotopic (exact) mass is 252 g/mol. The first-order valence-electron chi connectivity index (χ1n) is 6.35. The summed E-state index contributed by atoms with van der Waals surface area (Å²) in [6.07, 6.45) is 4.59. The van der Waals surface area contributed by atoms with Crippen LogP contribution < -0.4 is 5.32 Å². The lowest BCUT2D eigenvalue weighted by molar-refractivity contribution is -0.124. The first kappa shape index (κ1) is 12.7. The van der Waals surface area contributed by atoms with Gasteiger partial charge in [0.1, 0.15) is 0 Å². The molecule has 0 radical (unpaired) electrons. The first-order valence-corrected chi connectivity index (χ1v) is 7.23. The van der Waals surface area contributed by atoms with Gasteiger partial charge in [0.05, 0.1) is 22.7 Å². The molecule has 1 saturated heterocycles. The van der Waals surface area contributed by atoms with Crippen molar-refractivity contribution in [3.05, 3.63) is 16.1 Å². The van der Waals surface area contributed by atoms with Gasteiger partial charge < -0.3 is 5.32 Å². The van der Waals surface area contributed by atoms with Crippen LogP contribution in [0.3, 0.4) is 0 Å². The van der Waals surface area contributed by atoms with E-state index in [0.29, 0.717) is 12.2 Å². The maximum Gasteiger partial charge on any atom is 0.158 e. The summed E-state index contributed by atoms with van der Waals surface area (Å²) >= 11 is 1.62. The van der Waals surface area contributed by atoms with Crippen LogP contribution in [0.1, 0.15) is 43.3 Å². The largest absolute Gasteiger partial charge is 0.305 e. The molecule has 0 aromatic carbocycles. The van der Waals surface area contributed by atoms with Crippen LogP contribution in [-0.2, 0) is 11.2 Å². The maximum atomic E-state index is 12.4. The highest BCUT2D eigenvalue weighted by Crippen LogP contribution is 2.27. The van der Waals surface area contributed by atoms with Gasteiger partial charge in [0.2, 0.25) is 0 Å². The summed E-state index contributed by atoms with van der Waals surface area (Å²) < 4.78 is 0. The van der Waals surface area contributed by atoms with Crippen LogP contribution in [0.4, 0.5) is 0 Å². The van der Waals surface area contributed by atoms with Crippen LogP contribution >= 0.6 is 11.3 Å². The van der Waals surface area contributed by atoms with Crippen molar-refractivity contribution in [2.45, 2.75) is 51.5 Å². The van der Waals surface area contributed by atoms with Crippen molar-refractivity contribution in [2.24, 2.45) is 0 Å². The molecule has 1 aromatic rings. The molecule has 2 heterocycles. The summed E-state index contributed by atoms with van der Waals surface area (Å²) in [5.41, 5.74) is 0.674. The van der Waals surface area contributed by atoms with Gasteiger partial charge >= 0.3 is 0 Å². The van der Waals surface area contributed by atoms with Crippen molar-refractivity contribution in [3.63, 3.8) is 0 Å². The van der Waals surface area contributed by atoms with E-state index in [9.17, 15) is 4.79 Å². The Morgan fingerprint density at radius 3 is 3.00 bits per heavy atom. The smallest absolute Gasteiger partial charge is 0.158 e. The molecule has 0 aliphatic carbocycles. The zero-order valence-corrected chi connectivity index (χ0v) is 11.4. The summed E-state index contributed by atoms with van der Waals surface area (Å²) in [6.45, 7) is 5.10. The zero-order valence-electron chi connectivity index (χ0n) is 10.6. The van der Waals surface area contributed by atoms with Crippen molar-refractivity contribution in [3.8, 4) is 0 Å². The Bertz CT molecular complexity index is 394. The molecule has 1 aliphatic rings. The minimum Gasteiger partial charge on any atom is -0.305 e. The van der Waals surface area contributed by atoms with E-state index in [-0.39, 0.29) is 5.54 Å². The average Bonchev–Trinajstić information content (AvgIpc) is 2.89. The quantitative estimate of drug-likeness (QED) is 0.875. The molecule has 0 spiro atoms. The van der Waals surface area contributed by atoms with Gasteiger partial charge in [-0.25, -0.2) is 4.98 Å². The number of hydrogen-bond acceptors (Lipinski definition) is 4. The molecule has 0 amide bonds. The Morgan fingerprint density at radius 1 is 1.65 bits per heavy atom. The van der Waals surface area contributed by atoms with Gasteiger partial charge in [0, 0.05) is 5.38 Å². The summed E-state index contributed by atoms with van der Waals surface area (Å²) in [7, 11) is 0. The highest BCUT2D eigenvalue weighted by Gasteiger charge is 2.39. The second-order valence-electron chi connectivity index (χ2n) is 4.82. The van der Waals surface area contributed by atoms with Crippen LogP contribution in [0.2, 0.25) is 0 Å². The fraction of sp³-hybridized carbons (Fsp3) is 0.692. The number of nitrogens with one attached hydrogen (secondary N) is 1. The molecule has 4 heteroatoms. The Balaban J connectivity index is 2.06. The average molecular weight is 252 g/mol. The third-order valence-corrected chi connectivity index (χ3v) is 4.28. The van der Waals surface area contributed by atoms with Crippen LogP contribution in [0.5, 0.6) is 0 Å². The number of ketones is 1. The third kappa shape index (κ3) is 2.75. The first-order chi connectivity index (χ1) is 8.16. The molecule has 0 saturated carbocycles. The number of carbonyl (C=O) groups is 1. The molecule has 1 aromatic heterocycles. The third-order valence-electron chi connectivity index (χ3n) is 3.46. The van der Waals surface area contributed by atoms with Gasteiger partial charge in [-0.3, -0.25) is 4.79 Å². The van der Waals surface area contributed by atoms with E-state index in [0.717, 1.165) is 42.9 Å². The van der Waals surface area contributed by atoms with E-state index in [1.54, 1.807) is 11.3 Å². The van der Waals surface area contributed by atoms with Gasteiger partial charge in [0.15, 0.2) is 5.78 Å². The molecule has 1 unspecified atom stereocenters. The Morgan fingerprint density at radius 2 is 2.47 bits per heavy atom. The summed E-state index contributed by atoms with van der Waals surface area (Å²) in [4.78, 5) is 16.8. The number of carbonyl (C=O) groups excluding carboxylic acids is 1. The lowest BCUT2D eigenvalue weighted by Gasteiger charge is -2.27. The second-order valence-corrected chi connectivity index (χ2v) is 5.88. The van der Waals surface area contributed by atoms with Crippen molar-refractivity contribution >= 4 is 17.1 Å². The van der Waals surface area contributed by atoms with Gasteiger partial charge in [0.25, 0.3) is 0 Å². The second kappa shape index (κ2) is 5.27. The molecule has 2 rings (SSSR count). The lowest BCUT2D eigenvalue weighted by Crippen LogP contribution is -2.48. The van der Waals surface area contributed by atoms with E-state index in [1.807, 2.05) is 12.3 Å². The summed E-state index contributed by atoms with van der Waals surface area (Å²) in [6, 6.07) is 0. The minimum atomic E-state index is -0.258. The summed E-state index contributed by atoms with van der Waals surface area (Å²) in [5, 5.41) is 6.46. The normalized spacial score (nSPS) is 24.1. The van der Waals surface area contributed by atoms with Crippen LogP contribution in [-0.4, -0.2) is 22.9 Å². The maximum absolute atomic E-state index is 12.4. The molecule has 3 nitrogen and oxygen atoms in total. The summed E-state index contributed by atoms with van der Waals surface area (Å²) in [5.74, 6) is 0.321. The molecule has 0 bridgehead atoms.